The number of hydrogen-bond acceptors (Lipinski definition) is 4. The van der Waals surface area contributed by atoms with Gasteiger partial charge in [0, 0.05) is 11.1 Å². The molecule has 1 aromatic heterocycles. The number of carboxylic acids is 1. The number of carbonyl (C=O) groups is 1. The zero-order chi connectivity index (χ0) is 18.0. The molecule has 0 bridgehead atoms. The monoisotopic (exact) mass is 361 g/mol. The lowest BCUT2D eigenvalue weighted by atomic mass is 10.1. The summed E-state index contributed by atoms with van der Waals surface area (Å²) in [6.45, 7) is 0. The van der Waals surface area contributed by atoms with E-state index in [-0.39, 0.29) is 28.8 Å². The molecule has 5 nitrogen and oxygen atoms in total. The van der Waals surface area contributed by atoms with Crippen LogP contribution < -0.4 is 4.74 Å². The lowest BCUT2D eigenvalue weighted by Gasteiger charge is -2.01. The maximum atomic E-state index is 13.7. The van der Waals surface area contributed by atoms with Gasteiger partial charge in [-0.2, -0.15) is 0 Å². The van der Waals surface area contributed by atoms with E-state index in [2.05, 4.69) is 4.98 Å². The lowest BCUT2D eigenvalue weighted by molar-refractivity contribution is -0.136. The van der Waals surface area contributed by atoms with Crippen molar-refractivity contribution in [3.8, 4) is 28.5 Å². The molecule has 0 aliphatic carbocycles. The normalized spacial score (nSPS) is 10.7. The highest BCUT2D eigenvalue weighted by molar-refractivity contribution is 6.30. The van der Waals surface area contributed by atoms with Crippen molar-refractivity contribution in [2.75, 3.05) is 7.11 Å². The number of aliphatic carboxylic acids is 1. The predicted molar refractivity (Wildman–Crippen MR) is 90.2 cm³/mol. The van der Waals surface area contributed by atoms with Crippen LogP contribution in [-0.2, 0) is 11.2 Å². The van der Waals surface area contributed by atoms with Crippen molar-refractivity contribution in [2.24, 2.45) is 0 Å². The van der Waals surface area contributed by atoms with Gasteiger partial charge in [0.1, 0.15) is 11.6 Å². The van der Waals surface area contributed by atoms with Crippen LogP contribution in [-0.4, -0.2) is 23.2 Å². The number of nitrogens with zero attached hydrogens (tertiary/aromatic N) is 1. The van der Waals surface area contributed by atoms with Gasteiger partial charge in [-0.05, 0) is 42.5 Å². The van der Waals surface area contributed by atoms with E-state index in [1.807, 2.05) is 0 Å². The highest BCUT2D eigenvalue weighted by Crippen LogP contribution is 2.32. The van der Waals surface area contributed by atoms with Crippen LogP contribution in [0.1, 0.15) is 5.69 Å². The number of benzene rings is 2. The summed E-state index contributed by atoms with van der Waals surface area (Å²) in [5.74, 6) is -0.581. The first-order chi connectivity index (χ1) is 12.0. The molecule has 0 radical (unpaired) electrons. The van der Waals surface area contributed by atoms with Crippen LogP contribution in [0.3, 0.4) is 0 Å². The van der Waals surface area contributed by atoms with E-state index in [0.717, 1.165) is 0 Å². The molecule has 0 atom stereocenters. The molecule has 7 heteroatoms. The summed E-state index contributed by atoms with van der Waals surface area (Å²) in [5, 5.41) is 9.06. The highest BCUT2D eigenvalue weighted by Gasteiger charge is 2.19. The summed E-state index contributed by atoms with van der Waals surface area (Å²) in [6, 6.07) is 11.1. The van der Waals surface area contributed by atoms with Crippen molar-refractivity contribution in [3.63, 3.8) is 0 Å². The smallest absolute Gasteiger partial charge is 0.309 e. The summed E-state index contributed by atoms with van der Waals surface area (Å²) in [7, 11) is 1.55. The quantitative estimate of drug-likeness (QED) is 0.727. The van der Waals surface area contributed by atoms with Gasteiger partial charge in [-0.1, -0.05) is 11.6 Å². The minimum atomic E-state index is -1.06. The van der Waals surface area contributed by atoms with Crippen LogP contribution in [0.4, 0.5) is 4.39 Å². The Morgan fingerprint density at radius 1 is 1.24 bits per heavy atom. The van der Waals surface area contributed by atoms with Crippen LogP contribution in [0.2, 0.25) is 5.02 Å². The van der Waals surface area contributed by atoms with E-state index in [9.17, 15) is 9.18 Å². The molecular formula is C18H13ClFNO4. The SMILES string of the molecule is COc1ccc(-c2nc(CC(=O)O)c(-c3ccc(Cl)c(F)c3)o2)cc1. The zero-order valence-corrected chi connectivity index (χ0v) is 13.9. The zero-order valence-electron chi connectivity index (χ0n) is 13.1. The van der Waals surface area contributed by atoms with E-state index in [1.165, 1.54) is 12.1 Å². The maximum absolute atomic E-state index is 13.7. The Morgan fingerprint density at radius 3 is 2.52 bits per heavy atom. The van der Waals surface area contributed by atoms with Gasteiger partial charge >= 0.3 is 5.97 Å². The fraction of sp³-hybridized carbons (Fsp3) is 0.111. The summed E-state index contributed by atoms with van der Waals surface area (Å²) < 4.78 is 24.6. The van der Waals surface area contributed by atoms with Crippen LogP contribution in [0.15, 0.2) is 46.9 Å². The molecule has 0 aliphatic heterocycles. The van der Waals surface area contributed by atoms with Gasteiger partial charge in [-0.25, -0.2) is 9.37 Å². The minimum Gasteiger partial charge on any atom is -0.497 e. The summed E-state index contributed by atoms with van der Waals surface area (Å²) in [4.78, 5) is 15.4. The van der Waals surface area contributed by atoms with Crippen molar-refractivity contribution < 1.29 is 23.4 Å². The van der Waals surface area contributed by atoms with Gasteiger partial charge in [0.2, 0.25) is 5.89 Å². The minimum absolute atomic E-state index is 0.0292. The van der Waals surface area contributed by atoms with Crippen molar-refractivity contribution >= 4 is 17.6 Å². The largest absolute Gasteiger partial charge is 0.497 e. The first kappa shape index (κ1) is 17.0. The van der Waals surface area contributed by atoms with E-state index in [0.29, 0.717) is 16.9 Å². The number of carboxylic acid groups (broad SMARTS) is 1. The Bertz CT molecular complexity index is 921. The second kappa shape index (κ2) is 6.94. The molecule has 128 valence electrons. The molecule has 3 aromatic rings. The molecule has 0 aliphatic rings. The number of halogens is 2. The van der Waals surface area contributed by atoms with Gasteiger partial charge in [0.15, 0.2) is 5.76 Å². The molecule has 3 rings (SSSR count). The molecule has 25 heavy (non-hydrogen) atoms. The number of methoxy groups -OCH3 is 1. The number of aromatic nitrogens is 1. The molecular weight excluding hydrogens is 349 g/mol. The molecule has 1 heterocycles. The molecule has 0 spiro atoms. The Balaban J connectivity index is 2.07. The van der Waals surface area contributed by atoms with Gasteiger partial charge in [-0.3, -0.25) is 4.79 Å². The topological polar surface area (TPSA) is 72.6 Å². The van der Waals surface area contributed by atoms with E-state index >= 15 is 0 Å². The lowest BCUT2D eigenvalue weighted by Crippen LogP contribution is -2.01. The Labute approximate surface area is 147 Å². The van der Waals surface area contributed by atoms with Crippen molar-refractivity contribution in [1.82, 2.24) is 4.98 Å². The molecule has 0 unspecified atom stereocenters. The van der Waals surface area contributed by atoms with Crippen LogP contribution in [0, 0.1) is 5.82 Å². The third-order valence-electron chi connectivity index (χ3n) is 3.53. The van der Waals surface area contributed by atoms with Crippen molar-refractivity contribution in [2.45, 2.75) is 6.42 Å². The fourth-order valence-electron chi connectivity index (χ4n) is 2.33. The Kier molecular flexibility index (Phi) is 4.72. The highest BCUT2D eigenvalue weighted by atomic mass is 35.5. The summed E-state index contributed by atoms with van der Waals surface area (Å²) in [6.07, 6.45) is -0.348. The van der Waals surface area contributed by atoms with Gasteiger partial charge in [-0.15, -0.1) is 0 Å². The molecule has 0 amide bonds. The summed E-state index contributed by atoms with van der Waals surface area (Å²) >= 11 is 5.69. The maximum Gasteiger partial charge on any atom is 0.309 e. The average Bonchev–Trinajstić information content (AvgIpc) is 3.00. The summed E-state index contributed by atoms with van der Waals surface area (Å²) in [5.41, 5.74) is 1.22. The number of ether oxygens (including phenoxy) is 1. The van der Waals surface area contributed by atoms with E-state index in [1.54, 1.807) is 37.4 Å². The molecule has 1 N–H and O–H groups in total. The third-order valence-corrected chi connectivity index (χ3v) is 3.84. The van der Waals surface area contributed by atoms with Crippen LogP contribution in [0.5, 0.6) is 5.75 Å². The second-order valence-electron chi connectivity index (χ2n) is 5.22. The first-order valence-electron chi connectivity index (χ1n) is 7.29. The van der Waals surface area contributed by atoms with Gasteiger partial charge in [0.25, 0.3) is 0 Å². The predicted octanol–water partition coefficient (Wildman–Crippen LogP) is 4.44. The Morgan fingerprint density at radius 2 is 1.92 bits per heavy atom. The van der Waals surface area contributed by atoms with Crippen LogP contribution >= 0.6 is 11.6 Å². The molecule has 2 aromatic carbocycles. The third kappa shape index (κ3) is 3.64. The first-order valence-corrected chi connectivity index (χ1v) is 7.67. The number of oxazole rings is 1. The average molecular weight is 362 g/mol. The van der Waals surface area contributed by atoms with Crippen molar-refractivity contribution in [1.29, 1.82) is 0 Å². The second-order valence-corrected chi connectivity index (χ2v) is 5.63. The molecule has 0 saturated carbocycles. The fourth-order valence-corrected chi connectivity index (χ4v) is 2.45. The molecule has 0 fully saturated rings. The van der Waals surface area contributed by atoms with E-state index < -0.39 is 11.8 Å². The van der Waals surface area contributed by atoms with Gasteiger partial charge in [0.05, 0.1) is 24.2 Å². The number of hydrogen-bond donors (Lipinski definition) is 1. The van der Waals surface area contributed by atoms with Crippen LogP contribution in [0.25, 0.3) is 22.8 Å². The standard InChI is InChI=1S/C18H13ClFNO4/c1-24-12-5-2-10(3-6-12)18-21-15(9-16(22)23)17(25-18)11-4-7-13(19)14(20)8-11/h2-8H,9H2,1H3,(H,22,23). The van der Waals surface area contributed by atoms with Crippen molar-refractivity contribution in [3.05, 3.63) is 59.0 Å². The number of rotatable bonds is 5. The molecule has 0 saturated heterocycles. The van der Waals surface area contributed by atoms with Gasteiger partial charge < -0.3 is 14.3 Å². The van der Waals surface area contributed by atoms with E-state index in [4.69, 9.17) is 25.9 Å². The Hall–Kier alpha value is -2.86.